The molecule has 2 aliphatic heterocycles. The summed E-state index contributed by atoms with van der Waals surface area (Å²) in [5.41, 5.74) is 1.39. The molecule has 3 rings (SSSR count). The fourth-order valence-electron chi connectivity index (χ4n) is 3.22. The molecule has 0 unspecified atom stereocenters. The normalized spacial score (nSPS) is 19.9. The number of morpholine rings is 1. The quantitative estimate of drug-likeness (QED) is 0.877. The van der Waals surface area contributed by atoms with Crippen LogP contribution in [0.2, 0.25) is 0 Å². The number of aliphatic carboxylic acids is 1. The monoisotopic (exact) mass is 333 g/mol. The second kappa shape index (κ2) is 7.63. The van der Waals surface area contributed by atoms with Gasteiger partial charge < -0.3 is 20.1 Å². The Bertz CT molecular complexity index is 578. The van der Waals surface area contributed by atoms with Crippen LogP contribution >= 0.6 is 0 Å². The molecule has 1 aromatic rings. The number of hydrogen-bond acceptors (Lipinski definition) is 4. The average Bonchev–Trinajstić information content (AvgIpc) is 3.12. The number of urea groups is 1. The van der Waals surface area contributed by atoms with Crippen LogP contribution in [0.4, 0.5) is 10.5 Å². The molecule has 130 valence electrons. The molecule has 0 radical (unpaired) electrons. The maximum Gasteiger partial charge on any atom is 0.325 e. The molecule has 2 saturated heterocycles. The molecule has 0 saturated carbocycles. The number of amides is 2. The Morgan fingerprint density at radius 2 is 1.67 bits per heavy atom. The van der Waals surface area contributed by atoms with E-state index in [0.717, 1.165) is 25.9 Å². The fraction of sp³-hybridized carbons (Fsp3) is 0.529. The number of nitrogens with one attached hydrogen (secondary N) is 1. The van der Waals surface area contributed by atoms with Gasteiger partial charge in [0, 0.05) is 31.9 Å². The van der Waals surface area contributed by atoms with E-state index in [1.54, 1.807) is 29.2 Å². The van der Waals surface area contributed by atoms with Crippen molar-refractivity contribution in [3.63, 3.8) is 0 Å². The van der Waals surface area contributed by atoms with Crippen molar-refractivity contribution in [3.8, 4) is 0 Å². The molecule has 0 bridgehead atoms. The molecule has 1 atom stereocenters. The van der Waals surface area contributed by atoms with Crippen LogP contribution in [0.25, 0.3) is 0 Å². The first kappa shape index (κ1) is 16.7. The summed E-state index contributed by atoms with van der Waals surface area (Å²) in [6.45, 7) is 3.89. The van der Waals surface area contributed by atoms with Gasteiger partial charge in [-0.3, -0.25) is 9.69 Å². The van der Waals surface area contributed by atoms with E-state index in [4.69, 9.17) is 4.74 Å². The molecule has 2 aliphatic rings. The minimum absolute atomic E-state index is 0.0942. The molecule has 0 aliphatic carbocycles. The summed E-state index contributed by atoms with van der Waals surface area (Å²) in [5.74, 6) is -0.870. The zero-order valence-electron chi connectivity index (χ0n) is 13.6. The van der Waals surface area contributed by atoms with Gasteiger partial charge in [0.05, 0.1) is 13.2 Å². The number of carbonyl (C=O) groups is 2. The SMILES string of the molecule is O=C(O)[C@H](c1ccc(NC(=O)N2CCCC2)cc1)N1CCOCC1. The van der Waals surface area contributed by atoms with E-state index in [2.05, 4.69) is 5.32 Å². The average molecular weight is 333 g/mol. The number of ether oxygens (including phenoxy) is 1. The van der Waals surface area contributed by atoms with Gasteiger partial charge in [0.25, 0.3) is 0 Å². The van der Waals surface area contributed by atoms with E-state index in [9.17, 15) is 14.7 Å². The molecular weight excluding hydrogens is 310 g/mol. The standard InChI is InChI=1S/C17H23N3O4/c21-16(22)15(19-9-11-24-12-10-19)13-3-5-14(6-4-13)18-17(23)20-7-1-2-8-20/h3-6,15H,1-2,7-12H2,(H,18,23)(H,21,22)/t15-/m0/s1. The first-order valence-corrected chi connectivity index (χ1v) is 8.35. The third-order valence-electron chi connectivity index (χ3n) is 4.52. The highest BCUT2D eigenvalue weighted by Crippen LogP contribution is 2.24. The lowest BCUT2D eigenvalue weighted by atomic mass is 10.0. The van der Waals surface area contributed by atoms with E-state index < -0.39 is 12.0 Å². The number of carboxylic acids is 1. The maximum atomic E-state index is 12.1. The lowest BCUT2D eigenvalue weighted by Crippen LogP contribution is -2.42. The number of anilines is 1. The number of nitrogens with zero attached hydrogens (tertiary/aromatic N) is 2. The summed E-state index contributed by atoms with van der Waals surface area (Å²) in [6.07, 6.45) is 2.10. The third-order valence-corrected chi connectivity index (χ3v) is 4.52. The van der Waals surface area contributed by atoms with Crippen LogP contribution < -0.4 is 5.32 Å². The predicted molar refractivity (Wildman–Crippen MR) is 89.0 cm³/mol. The highest BCUT2D eigenvalue weighted by atomic mass is 16.5. The number of rotatable bonds is 4. The van der Waals surface area contributed by atoms with E-state index in [1.807, 2.05) is 4.90 Å². The summed E-state index contributed by atoms with van der Waals surface area (Å²) in [7, 11) is 0. The van der Waals surface area contributed by atoms with Gasteiger partial charge in [-0.05, 0) is 30.5 Å². The summed E-state index contributed by atoms with van der Waals surface area (Å²) in [4.78, 5) is 27.5. The predicted octanol–water partition coefficient (Wildman–Crippen LogP) is 1.77. The Hall–Kier alpha value is -2.12. The number of carbonyl (C=O) groups excluding carboxylic acids is 1. The van der Waals surface area contributed by atoms with Gasteiger partial charge in [0.2, 0.25) is 0 Å². The van der Waals surface area contributed by atoms with Crippen LogP contribution in [0.1, 0.15) is 24.4 Å². The van der Waals surface area contributed by atoms with Gasteiger partial charge in [-0.2, -0.15) is 0 Å². The van der Waals surface area contributed by atoms with Crippen LogP contribution in [-0.4, -0.2) is 66.3 Å². The molecule has 2 N–H and O–H groups in total. The van der Waals surface area contributed by atoms with Crippen LogP contribution in [0.5, 0.6) is 0 Å². The van der Waals surface area contributed by atoms with Crippen molar-refractivity contribution < 1.29 is 19.4 Å². The Balaban J connectivity index is 1.67. The number of benzene rings is 1. The van der Waals surface area contributed by atoms with Crippen molar-refractivity contribution in [1.29, 1.82) is 0 Å². The van der Waals surface area contributed by atoms with Crippen molar-refractivity contribution in [2.75, 3.05) is 44.7 Å². The lowest BCUT2D eigenvalue weighted by molar-refractivity contribution is -0.145. The highest BCUT2D eigenvalue weighted by Gasteiger charge is 2.28. The smallest absolute Gasteiger partial charge is 0.325 e. The van der Waals surface area contributed by atoms with E-state index >= 15 is 0 Å². The van der Waals surface area contributed by atoms with Crippen LogP contribution in [-0.2, 0) is 9.53 Å². The summed E-state index contributed by atoms with van der Waals surface area (Å²) < 4.78 is 5.29. The third kappa shape index (κ3) is 3.85. The second-order valence-electron chi connectivity index (χ2n) is 6.14. The zero-order chi connectivity index (χ0) is 16.9. The largest absolute Gasteiger partial charge is 0.480 e. The summed E-state index contributed by atoms with van der Waals surface area (Å²) in [5, 5.41) is 12.4. The van der Waals surface area contributed by atoms with Gasteiger partial charge in [0.15, 0.2) is 0 Å². The van der Waals surface area contributed by atoms with Gasteiger partial charge >= 0.3 is 12.0 Å². The number of likely N-dealkylation sites (tertiary alicyclic amines) is 1. The molecular formula is C17H23N3O4. The molecule has 24 heavy (non-hydrogen) atoms. The van der Waals surface area contributed by atoms with Crippen LogP contribution in [0.15, 0.2) is 24.3 Å². The molecule has 2 fully saturated rings. The molecule has 7 nitrogen and oxygen atoms in total. The Kier molecular flexibility index (Phi) is 5.32. The second-order valence-corrected chi connectivity index (χ2v) is 6.14. The zero-order valence-corrected chi connectivity index (χ0v) is 13.6. The van der Waals surface area contributed by atoms with Gasteiger partial charge in [0.1, 0.15) is 6.04 Å². The summed E-state index contributed by atoms with van der Waals surface area (Å²) >= 11 is 0. The first-order valence-electron chi connectivity index (χ1n) is 8.35. The Morgan fingerprint density at radius 1 is 1.04 bits per heavy atom. The van der Waals surface area contributed by atoms with E-state index in [1.165, 1.54) is 0 Å². The molecule has 1 aromatic carbocycles. The van der Waals surface area contributed by atoms with Gasteiger partial charge in [-0.15, -0.1) is 0 Å². The van der Waals surface area contributed by atoms with Gasteiger partial charge in [-0.25, -0.2) is 4.79 Å². The molecule has 2 amide bonds. The summed E-state index contributed by atoms with van der Waals surface area (Å²) in [6, 6.07) is 6.29. The minimum atomic E-state index is -0.870. The Morgan fingerprint density at radius 3 is 2.25 bits per heavy atom. The van der Waals surface area contributed by atoms with Crippen molar-refractivity contribution in [3.05, 3.63) is 29.8 Å². The fourth-order valence-corrected chi connectivity index (χ4v) is 3.22. The molecule has 0 spiro atoms. The first-order chi connectivity index (χ1) is 11.6. The number of hydrogen-bond donors (Lipinski definition) is 2. The highest BCUT2D eigenvalue weighted by molar-refractivity contribution is 5.89. The molecule has 0 aromatic heterocycles. The van der Waals surface area contributed by atoms with E-state index in [-0.39, 0.29) is 6.03 Å². The van der Waals surface area contributed by atoms with Gasteiger partial charge in [-0.1, -0.05) is 12.1 Å². The minimum Gasteiger partial charge on any atom is -0.480 e. The maximum absolute atomic E-state index is 12.1. The van der Waals surface area contributed by atoms with Crippen molar-refractivity contribution >= 4 is 17.7 Å². The van der Waals surface area contributed by atoms with Crippen molar-refractivity contribution in [2.24, 2.45) is 0 Å². The molecule has 7 heteroatoms. The van der Waals surface area contributed by atoms with Crippen molar-refractivity contribution in [2.45, 2.75) is 18.9 Å². The van der Waals surface area contributed by atoms with Crippen LogP contribution in [0.3, 0.4) is 0 Å². The molecule has 2 heterocycles. The topological polar surface area (TPSA) is 82.1 Å². The van der Waals surface area contributed by atoms with Crippen LogP contribution in [0, 0.1) is 0 Å². The number of carboxylic acid groups (broad SMARTS) is 1. The van der Waals surface area contributed by atoms with E-state index in [0.29, 0.717) is 37.6 Å². The Labute approximate surface area is 141 Å². The van der Waals surface area contributed by atoms with Crippen molar-refractivity contribution in [1.82, 2.24) is 9.80 Å². The lowest BCUT2D eigenvalue weighted by Gasteiger charge is -2.32.